The fraction of sp³-hybridized carbons (Fsp3) is 0.550. The Morgan fingerprint density at radius 3 is 2.37 bits per heavy atom. The Labute approximate surface area is 157 Å². The molecule has 0 aromatic heterocycles. The number of anilines is 1. The summed E-state index contributed by atoms with van der Waals surface area (Å²) < 4.78 is 15.4. The number of fused-ring (bicyclic) bond motifs is 1. The lowest BCUT2D eigenvalue weighted by Crippen LogP contribution is -2.69. The minimum absolute atomic E-state index is 0.0312. The van der Waals surface area contributed by atoms with E-state index < -0.39 is 28.3 Å². The van der Waals surface area contributed by atoms with Crippen LogP contribution < -0.4 is 5.32 Å². The molecule has 1 spiro atoms. The Morgan fingerprint density at radius 1 is 1.07 bits per heavy atom. The van der Waals surface area contributed by atoms with Crippen molar-refractivity contribution in [2.75, 3.05) is 26.1 Å². The van der Waals surface area contributed by atoms with Gasteiger partial charge in [0.15, 0.2) is 5.41 Å². The fourth-order valence-corrected chi connectivity index (χ4v) is 5.73. The third-order valence-corrected chi connectivity index (χ3v) is 6.72. The van der Waals surface area contributed by atoms with Gasteiger partial charge in [-0.25, -0.2) is 4.79 Å². The lowest BCUT2D eigenvalue weighted by molar-refractivity contribution is -0.169. The van der Waals surface area contributed by atoms with Gasteiger partial charge in [0, 0.05) is 11.1 Å². The SMILES string of the molecule is CCOC(=O)[C@@]12C[C@H]3CC(C(=O)OC)(C(=O)OC)C[C@]31c1ccccc1N2. The zero-order chi connectivity index (χ0) is 19.4. The summed E-state index contributed by atoms with van der Waals surface area (Å²) in [6.07, 6.45) is 0.951. The second kappa shape index (κ2) is 5.71. The minimum atomic E-state index is -1.42. The summed E-state index contributed by atoms with van der Waals surface area (Å²) in [5.74, 6) is -1.60. The van der Waals surface area contributed by atoms with E-state index in [0.29, 0.717) is 12.8 Å². The maximum Gasteiger partial charge on any atom is 0.332 e. The Morgan fingerprint density at radius 2 is 1.74 bits per heavy atom. The summed E-state index contributed by atoms with van der Waals surface area (Å²) >= 11 is 0. The van der Waals surface area contributed by atoms with Crippen LogP contribution in [-0.4, -0.2) is 44.3 Å². The number of methoxy groups -OCH3 is 2. The van der Waals surface area contributed by atoms with Crippen LogP contribution in [0.3, 0.4) is 0 Å². The summed E-state index contributed by atoms with van der Waals surface area (Å²) in [6.45, 7) is 2.03. The van der Waals surface area contributed by atoms with Crippen LogP contribution in [0.4, 0.5) is 5.69 Å². The monoisotopic (exact) mass is 373 g/mol. The molecule has 144 valence electrons. The molecule has 2 fully saturated rings. The summed E-state index contributed by atoms with van der Waals surface area (Å²) in [5.41, 5.74) is -1.29. The van der Waals surface area contributed by atoms with E-state index in [9.17, 15) is 14.4 Å². The third-order valence-electron chi connectivity index (χ3n) is 6.72. The van der Waals surface area contributed by atoms with E-state index in [-0.39, 0.29) is 24.9 Å². The zero-order valence-corrected chi connectivity index (χ0v) is 15.7. The highest BCUT2D eigenvalue weighted by Crippen LogP contribution is 2.73. The van der Waals surface area contributed by atoms with Crippen LogP contribution in [0.5, 0.6) is 0 Å². The molecule has 2 aliphatic carbocycles. The van der Waals surface area contributed by atoms with Gasteiger partial charge in [0.2, 0.25) is 0 Å². The number of benzene rings is 1. The zero-order valence-electron chi connectivity index (χ0n) is 15.7. The van der Waals surface area contributed by atoms with Crippen LogP contribution in [0.15, 0.2) is 24.3 Å². The van der Waals surface area contributed by atoms with Crippen molar-refractivity contribution in [3.63, 3.8) is 0 Å². The molecular weight excluding hydrogens is 350 g/mol. The van der Waals surface area contributed by atoms with Gasteiger partial charge in [0.1, 0.15) is 5.54 Å². The van der Waals surface area contributed by atoms with E-state index in [1.807, 2.05) is 24.3 Å². The van der Waals surface area contributed by atoms with Gasteiger partial charge >= 0.3 is 17.9 Å². The van der Waals surface area contributed by atoms with E-state index >= 15 is 0 Å². The van der Waals surface area contributed by atoms with E-state index in [4.69, 9.17) is 14.2 Å². The molecular formula is C20H23NO6. The van der Waals surface area contributed by atoms with Gasteiger partial charge in [-0.1, -0.05) is 18.2 Å². The normalized spacial score (nSPS) is 31.4. The molecule has 3 aliphatic rings. The van der Waals surface area contributed by atoms with Gasteiger partial charge < -0.3 is 19.5 Å². The van der Waals surface area contributed by atoms with Crippen LogP contribution >= 0.6 is 0 Å². The molecule has 0 saturated heterocycles. The second-order valence-corrected chi connectivity index (χ2v) is 7.61. The summed E-state index contributed by atoms with van der Waals surface area (Å²) in [5, 5.41) is 3.37. The highest BCUT2D eigenvalue weighted by atomic mass is 16.5. The average molecular weight is 373 g/mol. The molecule has 4 rings (SSSR count). The largest absolute Gasteiger partial charge is 0.468 e. The van der Waals surface area contributed by atoms with Crippen LogP contribution in [0.1, 0.15) is 31.7 Å². The smallest absolute Gasteiger partial charge is 0.332 e. The number of rotatable bonds is 4. The van der Waals surface area contributed by atoms with Gasteiger partial charge in [0.05, 0.1) is 20.8 Å². The van der Waals surface area contributed by atoms with Gasteiger partial charge in [0.25, 0.3) is 0 Å². The highest BCUT2D eigenvalue weighted by Gasteiger charge is 2.81. The molecule has 3 atom stereocenters. The fourth-order valence-electron chi connectivity index (χ4n) is 5.73. The van der Waals surface area contributed by atoms with Gasteiger partial charge in [-0.15, -0.1) is 0 Å². The maximum atomic E-state index is 13.0. The molecule has 0 amide bonds. The van der Waals surface area contributed by atoms with Crippen LogP contribution in [0.2, 0.25) is 0 Å². The average Bonchev–Trinajstić information content (AvgIpc) is 3.08. The number of carbonyl (C=O) groups is 3. The van der Waals surface area contributed by atoms with E-state index in [1.54, 1.807) is 6.92 Å². The molecule has 0 bridgehead atoms. The van der Waals surface area contributed by atoms with Gasteiger partial charge in [-0.2, -0.15) is 0 Å². The standard InChI is InChI=1S/C20H23NO6/c1-4-27-17(24)20-10-12-9-18(15(22)25-2,16(23)26-3)11-19(12,20)13-7-5-6-8-14(13)21-20/h5-8,12,21H,4,9-11H2,1-3H3/t12-,19-,20+/m1/s1. The molecule has 7 nitrogen and oxygen atoms in total. The Kier molecular flexibility index (Phi) is 3.77. The Balaban J connectivity index is 1.88. The van der Waals surface area contributed by atoms with E-state index in [0.717, 1.165) is 11.3 Å². The number of hydrogen-bond acceptors (Lipinski definition) is 7. The summed E-state index contributed by atoms with van der Waals surface area (Å²) in [6, 6.07) is 7.67. The topological polar surface area (TPSA) is 90.9 Å². The third kappa shape index (κ3) is 1.89. The lowest BCUT2D eigenvalue weighted by Gasteiger charge is -2.56. The predicted octanol–water partition coefficient (Wildman–Crippen LogP) is 1.80. The van der Waals surface area contributed by atoms with Crippen molar-refractivity contribution in [1.82, 2.24) is 0 Å². The van der Waals surface area contributed by atoms with Crippen LogP contribution in [0.25, 0.3) is 0 Å². The molecule has 1 aromatic rings. The van der Waals surface area contributed by atoms with Crippen molar-refractivity contribution in [3.8, 4) is 0 Å². The Bertz CT molecular complexity index is 820. The molecule has 0 radical (unpaired) electrons. The molecule has 1 heterocycles. The van der Waals surface area contributed by atoms with Crippen molar-refractivity contribution in [1.29, 1.82) is 0 Å². The van der Waals surface area contributed by atoms with Crippen LogP contribution in [0, 0.1) is 11.3 Å². The van der Waals surface area contributed by atoms with Gasteiger partial charge in [-0.05, 0) is 43.7 Å². The first-order valence-electron chi connectivity index (χ1n) is 9.13. The molecule has 1 aliphatic heterocycles. The van der Waals surface area contributed by atoms with E-state index in [2.05, 4.69) is 5.32 Å². The van der Waals surface area contributed by atoms with Crippen molar-refractivity contribution in [2.45, 2.75) is 37.1 Å². The second-order valence-electron chi connectivity index (χ2n) is 7.61. The van der Waals surface area contributed by atoms with Crippen molar-refractivity contribution < 1.29 is 28.6 Å². The number of nitrogens with one attached hydrogen (secondary N) is 1. The molecule has 27 heavy (non-hydrogen) atoms. The lowest BCUT2D eigenvalue weighted by atomic mass is 9.48. The van der Waals surface area contributed by atoms with Crippen molar-refractivity contribution in [3.05, 3.63) is 29.8 Å². The number of para-hydroxylation sites is 1. The van der Waals surface area contributed by atoms with Crippen LogP contribution in [-0.2, 0) is 34.0 Å². The minimum Gasteiger partial charge on any atom is -0.468 e. The highest BCUT2D eigenvalue weighted by molar-refractivity contribution is 6.03. The quantitative estimate of drug-likeness (QED) is 0.489. The first kappa shape index (κ1) is 17.8. The molecule has 1 aromatic carbocycles. The first-order valence-corrected chi connectivity index (χ1v) is 9.13. The van der Waals surface area contributed by atoms with Crippen molar-refractivity contribution >= 4 is 23.6 Å². The van der Waals surface area contributed by atoms with Crippen molar-refractivity contribution in [2.24, 2.45) is 11.3 Å². The summed E-state index contributed by atoms with van der Waals surface area (Å²) in [4.78, 5) is 38.4. The maximum absolute atomic E-state index is 13.0. The molecule has 2 saturated carbocycles. The van der Waals surface area contributed by atoms with E-state index in [1.165, 1.54) is 14.2 Å². The molecule has 0 unspecified atom stereocenters. The number of ether oxygens (including phenoxy) is 3. The summed E-state index contributed by atoms with van der Waals surface area (Å²) in [7, 11) is 2.54. The van der Waals surface area contributed by atoms with Gasteiger partial charge in [-0.3, -0.25) is 9.59 Å². The number of carbonyl (C=O) groups excluding carboxylic acids is 3. The Hall–Kier alpha value is -2.57. The molecule has 1 N–H and O–H groups in total. The first-order chi connectivity index (χ1) is 12.9. The number of hydrogen-bond donors (Lipinski definition) is 1. The predicted molar refractivity (Wildman–Crippen MR) is 94.9 cm³/mol. The molecule has 7 heteroatoms. The number of esters is 3.